The minimum absolute atomic E-state index is 0.189. The minimum atomic E-state index is 0.189. The molecule has 0 aromatic rings. The molecule has 3 fully saturated rings. The van der Waals surface area contributed by atoms with E-state index in [1.165, 1.54) is 0 Å². The van der Waals surface area contributed by atoms with E-state index in [9.17, 15) is 4.79 Å². The predicted molar refractivity (Wildman–Crippen MR) is 96.0 cm³/mol. The molecule has 0 aliphatic carbocycles. The third-order valence-corrected chi connectivity index (χ3v) is 5.85. The Balaban J connectivity index is 1.64. The number of nitrogens with zero attached hydrogens (tertiary/aromatic N) is 3. The van der Waals surface area contributed by atoms with Crippen molar-refractivity contribution in [3.05, 3.63) is 0 Å². The molecule has 24 heavy (non-hydrogen) atoms. The van der Waals surface area contributed by atoms with Gasteiger partial charge in [0.05, 0.1) is 0 Å². The molecule has 0 N–H and O–H groups in total. The fourth-order valence-electron chi connectivity index (χ4n) is 4.87. The summed E-state index contributed by atoms with van der Waals surface area (Å²) in [6, 6.07) is 0.477. The van der Waals surface area contributed by atoms with E-state index in [1.807, 2.05) is 0 Å². The van der Waals surface area contributed by atoms with Crippen LogP contribution in [0.1, 0.15) is 40.5 Å². The Hall–Kier alpha value is -0.650. The van der Waals surface area contributed by atoms with E-state index < -0.39 is 0 Å². The number of hydrogen-bond donors (Lipinski definition) is 0. The molecule has 0 aromatic heterocycles. The molecule has 5 nitrogen and oxygen atoms in total. The van der Waals surface area contributed by atoms with Gasteiger partial charge in [-0.3, -0.25) is 14.6 Å². The summed E-state index contributed by atoms with van der Waals surface area (Å²) in [7, 11) is 0. The Kier molecular flexibility index (Phi) is 5.52. The molecular formula is C19H35N3O2. The van der Waals surface area contributed by atoms with E-state index in [0.717, 1.165) is 65.3 Å². The Morgan fingerprint density at radius 2 is 1.88 bits per heavy atom. The summed E-state index contributed by atoms with van der Waals surface area (Å²) >= 11 is 0. The van der Waals surface area contributed by atoms with E-state index >= 15 is 0 Å². The van der Waals surface area contributed by atoms with Gasteiger partial charge in [0, 0.05) is 70.0 Å². The smallest absolute Gasteiger partial charge is 0.225 e. The lowest BCUT2D eigenvalue weighted by Crippen LogP contribution is -2.70. The maximum atomic E-state index is 12.9. The third kappa shape index (κ3) is 3.94. The monoisotopic (exact) mass is 337 g/mol. The second-order valence-corrected chi connectivity index (χ2v) is 8.92. The zero-order valence-electron chi connectivity index (χ0n) is 16.0. The Morgan fingerprint density at radius 3 is 2.54 bits per heavy atom. The lowest BCUT2D eigenvalue weighted by molar-refractivity contribution is -0.146. The topological polar surface area (TPSA) is 36.0 Å². The maximum Gasteiger partial charge on any atom is 0.225 e. The van der Waals surface area contributed by atoms with Crippen molar-refractivity contribution in [1.82, 2.24) is 14.7 Å². The van der Waals surface area contributed by atoms with Crippen LogP contribution in [0.15, 0.2) is 0 Å². The van der Waals surface area contributed by atoms with Crippen molar-refractivity contribution in [1.29, 1.82) is 0 Å². The van der Waals surface area contributed by atoms with Crippen LogP contribution in [0.5, 0.6) is 0 Å². The van der Waals surface area contributed by atoms with E-state index in [1.54, 1.807) is 0 Å². The molecule has 1 atom stereocenters. The van der Waals surface area contributed by atoms with Crippen molar-refractivity contribution >= 4 is 5.91 Å². The highest BCUT2D eigenvalue weighted by atomic mass is 16.5. The largest absolute Gasteiger partial charge is 0.381 e. The molecule has 1 amide bonds. The highest BCUT2D eigenvalue weighted by molar-refractivity contribution is 5.79. The van der Waals surface area contributed by atoms with E-state index in [0.29, 0.717) is 17.9 Å². The normalized spacial score (nSPS) is 29.7. The maximum absolute atomic E-state index is 12.9. The van der Waals surface area contributed by atoms with Crippen LogP contribution in [-0.2, 0) is 9.53 Å². The van der Waals surface area contributed by atoms with Gasteiger partial charge in [-0.25, -0.2) is 0 Å². The summed E-state index contributed by atoms with van der Waals surface area (Å²) in [6.45, 7) is 17.0. The summed E-state index contributed by atoms with van der Waals surface area (Å²) in [5.41, 5.74) is 0.200. The molecule has 0 bridgehead atoms. The van der Waals surface area contributed by atoms with Gasteiger partial charge < -0.3 is 9.64 Å². The summed E-state index contributed by atoms with van der Waals surface area (Å²) in [4.78, 5) is 20.3. The summed E-state index contributed by atoms with van der Waals surface area (Å²) in [5.74, 6) is 1.25. The number of piperazine rings is 2. The van der Waals surface area contributed by atoms with Gasteiger partial charge in [0.25, 0.3) is 0 Å². The standard InChI is InChI=1S/C19H35N3O2/c1-15(2)11-20-12-17-13-21(7-8-22(17)19(3,4)14-20)18(23)16-5-9-24-10-6-16/h15-17H,5-14H2,1-4H3. The number of fused-ring (bicyclic) bond motifs is 1. The number of amides is 1. The molecule has 5 heteroatoms. The molecule has 138 valence electrons. The van der Waals surface area contributed by atoms with Crippen molar-refractivity contribution in [2.75, 3.05) is 52.5 Å². The van der Waals surface area contributed by atoms with Crippen LogP contribution in [0, 0.1) is 11.8 Å². The van der Waals surface area contributed by atoms with Gasteiger partial charge in [0.1, 0.15) is 0 Å². The number of carbonyl (C=O) groups is 1. The van der Waals surface area contributed by atoms with Gasteiger partial charge in [-0.15, -0.1) is 0 Å². The lowest BCUT2D eigenvalue weighted by atomic mass is 9.91. The van der Waals surface area contributed by atoms with Gasteiger partial charge in [-0.05, 0) is 32.6 Å². The molecule has 3 saturated heterocycles. The fourth-order valence-corrected chi connectivity index (χ4v) is 4.87. The first-order valence-corrected chi connectivity index (χ1v) is 9.72. The number of rotatable bonds is 3. The molecule has 0 aromatic carbocycles. The zero-order chi connectivity index (χ0) is 17.3. The highest BCUT2D eigenvalue weighted by Crippen LogP contribution is 2.29. The Morgan fingerprint density at radius 1 is 1.17 bits per heavy atom. The van der Waals surface area contributed by atoms with Gasteiger partial charge in [0.15, 0.2) is 0 Å². The van der Waals surface area contributed by atoms with Crippen molar-refractivity contribution in [2.24, 2.45) is 11.8 Å². The molecule has 3 rings (SSSR count). The van der Waals surface area contributed by atoms with Crippen LogP contribution >= 0.6 is 0 Å². The molecular weight excluding hydrogens is 302 g/mol. The number of hydrogen-bond acceptors (Lipinski definition) is 4. The summed E-state index contributed by atoms with van der Waals surface area (Å²) in [6.07, 6.45) is 1.80. The van der Waals surface area contributed by atoms with Crippen LogP contribution in [0.25, 0.3) is 0 Å². The van der Waals surface area contributed by atoms with Crippen molar-refractivity contribution in [3.63, 3.8) is 0 Å². The zero-order valence-corrected chi connectivity index (χ0v) is 16.0. The molecule has 3 aliphatic heterocycles. The SMILES string of the molecule is CC(C)CN1CC2CN(C(=O)C3CCOCC3)CCN2C(C)(C)C1. The van der Waals surface area contributed by atoms with E-state index in [2.05, 4.69) is 42.4 Å². The third-order valence-electron chi connectivity index (χ3n) is 5.85. The van der Waals surface area contributed by atoms with Gasteiger partial charge in [-0.2, -0.15) is 0 Å². The predicted octanol–water partition coefficient (Wildman–Crippen LogP) is 1.68. The van der Waals surface area contributed by atoms with Crippen LogP contribution in [-0.4, -0.2) is 84.7 Å². The second kappa shape index (κ2) is 7.30. The number of ether oxygens (including phenoxy) is 1. The lowest BCUT2D eigenvalue weighted by Gasteiger charge is -2.56. The van der Waals surface area contributed by atoms with Gasteiger partial charge >= 0.3 is 0 Å². The molecule has 3 aliphatic rings. The molecule has 0 spiro atoms. The highest BCUT2D eigenvalue weighted by Gasteiger charge is 2.43. The van der Waals surface area contributed by atoms with Crippen LogP contribution in [0.4, 0.5) is 0 Å². The fraction of sp³-hybridized carbons (Fsp3) is 0.947. The van der Waals surface area contributed by atoms with E-state index in [4.69, 9.17) is 4.74 Å². The summed E-state index contributed by atoms with van der Waals surface area (Å²) in [5, 5.41) is 0. The molecule has 0 radical (unpaired) electrons. The van der Waals surface area contributed by atoms with Gasteiger partial charge in [-0.1, -0.05) is 13.8 Å². The van der Waals surface area contributed by atoms with Crippen LogP contribution in [0.3, 0.4) is 0 Å². The first-order valence-electron chi connectivity index (χ1n) is 9.72. The Bertz CT molecular complexity index is 446. The van der Waals surface area contributed by atoms with Crippen molar-refractivity contribution < 1.29 is 9.53 Å². The number of carbonyl (C=O) groups excluding carboxylic acids is 1. The quantitative estimate of drug-likeness (QED) is 0.785. The minimum Gasteiger partial charge on any atom is -0.381 e. The van der Waals surface area contributed by atoms with Crippen molar-refractivity contribution in [3.8, 4) is 0 Å². The average molecular weight is 338 g/mol. The van der Waals surface area contributed by atoms with Crippen LogP contribution in [0.2, 0.25) is 0 Å². The second-order valence-electron chi connectivity index (χ2n) is 8.92. The summed E-state index contributed by atoms with van der Waals surface area (Å²) < 4.78 is 5.42. The molecule has 1 unspecified atom stereocenters. The average Bonchev–Trinajstić information content (AvgIpc) is 2.53. The molecule has 0 saturated carbocycles. The van der Waals surface area contributed by atoms with Crippen molar-refractivity contribution in [2.45, 2.75) is 52.1 Å². The molecule has 3 heterocycles. The van der Waals surface area contributed by atoms with Crippen LogP contribution < -0.4 is 0 Å². The van der Waals surface area contributed by atoms with Gasteiger partial charge in [0.2, 0.25) is 5.91 Å². The first kappa shape index (κ1) is 18.2. The Labute approximate surface area is 147 Å². The van der Waals surface area contributed by atoms with E-state index in [-0.39, 0.29) is 11.5 Å². The first-order chi connectivity index (χ1) is 11.4.